The summed E-state index contributed by atoms with van der Waals surface area (Å²) in [4.78, 5) is 11.5. The molecule has 0 aliphatic rings. The molecule has 5 nitrogen and oxygen atoms in total. The zero-order valence-electron chi connectivity index (χ0n) is 15.4. The Bertz CT molecular complexity index is 773. The predicted octanol–water partition coefficient (Wildman–Crippen LogP) is 5.20. The highest BCUT2D eigenvalue weighted by atomic mass is 35.5. The van der Waals surface area contributed by atoms with E-state index in [1.165, 1.54) is 7.11 Å². The van der Waals surface area contributed by atoms with E-state index in [-0.39, 0.29) is 6.61 Å². The van der Waals surface area contributed by atoms with Crippen molar-refractivity contribution in [3.63, 3.8) is 0 Å². The molecule has 0 saturated heterocycles. The van der Waals surface area contributed by atoms with E-state index in [4.69, 9.17) is 25.8 Å². The lowest BCUT2D eigenvalue weighted by Crippen LogP contribution is -2.11. The largest absolute Gasteiger partial charge is 0.513 e. The number of benzene rings is 2. The van der Waals surface area contributed by atoms with Gasteiger partial charge in [0.15, 0.2) is 0 Å². The molecule has 0 aliphatic heterocycles. The molecular formula is C20H23ClO5. The van der Waals surface area contributed by atoms with Gasteiger partial charge in [-0.25, -0.2) is 4.79 Å². The fraction of sp³-hybridized carbons (Fsp3) is 0.350. The maximum atomic E-state index is 11.5. The lowest BCUT2D eigenvalue weighted by molar-refractivity contribution is 0.120. The first-order valence-corrected chi connectivity index (χ1v) is 8.77. The van der Waals surface area contributed by atoms with E-state index >= 15 is 0 Å². The minimum atomic E-state index is -0.802. The molecule has 2 aromatic carbocycles. The first-order valence-electron chi connectivity index (χ1n) is 8.39. The molecule has 0 spiro atoms. The number of hydrogen-bond donors (Lipinski definition) is 0. The smallest absolute Gasteiger partial charge is 0.496 e. The summed E-state index contributed by atoms with van der Waals surface area (Å²) in [5.74, 6) is 1.58. The van der Waals surface area contributed by atoms with E-state index in [0.717, 1.165) is 24.0 Å². The minimum absolute atomic E-state index is 0.158. The van der Waals surface area contributed by atoms with E-state index in [1.807, 2.05) is 6.07 Å². The first-order chi connectivity index (χ1) is 12.5. The number of ether oxygens (including phenoxy) is 4. The summed E-state index contributed by atoms with van der Waals surface area (Å²) in [6, 6.07) is 9.05. The molecule has 0 heterocycles. The van der Waals surface area contributed by atoms with Crippen molar-refractivity contribution in [2.24, 2.45) is 0 Å². The van der Waals surface area contributed by atoms with Gasteiger partial charge in [0.05, 0.1) is 19.8 Å². The molecule has 0 unspecified atom stereocenters. The van der Waals surface area contributed by atoms with Gasteiger partial charge in [0.25, 0.3) is 0 Å². The Labute approximate surface area is 158 Å². The van der Waals surface area contributed by atoms with Crippen molar-refractivity contribution >= 4 is 17.8 Å². The summed E-state index contributed by atoms with van der Waals surface area (Å²) >= 11 is 6.33. The molecule has 2 rings (SSSR count). The molecule has 0 fully saturated rings. The van der Waals surface area contributed by atoms with Crippen molar-refractivity contribution < 1.29 is 23.7 Å². The molecule has 0 bridgehead atoms. The Morgan fingerprint density at radius 1 is 1.00 bits per heavy atom. The van der Waals surface area contributed by atoms with Crippen LogP contribution in [0.1, 0.15) is 30.5 Å². The molecule has 0 N–H and O–H groups in total. The Balaban J connectivity index is 2.31. The summed E-state index contributed by atoms with van der Waals surface area (Å²) in [7, 11) is 2.80. The van der Waals surface area contributed by atoms with Crippen LogP contribution in [0, 0.1) is 0 Å². The maximum absolute atomic E-state index is 11.5. The van der Waals surface area contributed by atoms with Gasteiger partial charge in [-0.05, 0) is 42.2 Å². The minimum Gasteiger partial charge on any atom is -0.496 e. The van der Waals surface area contributed by atoms with E-state index in [1.54, 1.807) is 25.3 Å². The van der Waals surface area contributed by atoms with Crippen molar-refractivity contribution in [1.82, 2.24) is 0 Å². The topological polar surface area (TPSA) is 54.0 Å². The Morgan fingerprint density at radius 3 is 2.31 bits per heavy atom. The van der Waals surface area contributed by atoms with Gasteiger partial charge in [-0.3, -0.25) is 0 Å². The van der Waals surface area contributed by atoms with Gasteiger partial charge in [-0.2, -0.15) is 0 Å². The van der Waals surface area contributed by atoms with Crippen LogP contribution < -0.4 is 14.2 Å². The number of hydrogen-bond acceptors (Lipinski definition) is 5. The maximum Gasteiger partial charge on any atom is 0.513 e. The fourth-order valence-electron chi connectivity index (χ4n) is 2.59. The van der Waals surface area contributed by atoms with Gasteiger partial charge >= 0.3 is 6.16 Å². The lowest BCUT2D eigenvalue weighted by Gasteiger charge is -2.16. The predicted molar refractivity (Wildman–Crippen MR) is 101 cm³/mol. The Kier molecular flexibility index (Phi) is 7.16. The monoisotopic (exact) mass is 378 g/mol. The van der Waals surface area contributed by atoms with Crippen LogP contribution in [0.15, 0.2) is 30.3 Å². The van der Waals surface area contributed by atoms with Crippen LogP contribution in [-0.2, 0) is 24.2 Å². The summed E-state index contributed by atoms with van der Waals surface area (Å²) in [5, 5.41) is 0.672. The van der Waals surface area contributed by atoms with Crippen LogP contribution in [0.5, 0.6) is 17.2 Å². The summed E-state index contributed by atoms with van der Waals surface area (Å²) in [6.07, 6.45) is 0.872. The molecular weight excluding hydrogens is 356 g/mol. The molecule has 0 atom stereocenters. The number of aryl methyl sites for hydroxylation is 2. The van der Waals surface area contributed by atoms with E-state index < -0.39 is 6.16 Å². The third-order valence-electron chi connectivity index (χ3n) is 4.03. The highest BCUT2D eigenvalue weighted by Crippen LogP contribution is 2.33. The molecule has 0 saturated carbocycles. The van der Waals surface area contributed by atoms with Crippen LogP contribution in [0.2, 0.25) is 5.02 Å². The van der Waals surface area contributed by atoms with Gasteiger partial charge < -0.3 is 18.9 Å². The van der Waals surface area contributed by atoms with E-state index in [9.17, 15) is 4.79 Å². The molecule has 6 heteroatoms. The van der Waals surface area contributed by atoms with E-state index in [2.05, 4.69) is 24.7 Å². The van der Waals surface area contributed by atoms with Crippen LogP contribution in [-0.4, -0.2) is 20.4 Å². The van der Waals surface area contributed by atoms with Crippen molar-refractivity contribution in [3.8, 4) is 17.2 Å². The van der Waals surface area contributed by atoms with Crippen LogP contribution in [0.4, 0.5) is 4.79 Å². The third kappa shape index (κ3) is 4.61. The molecule has 26 heavy (non-hydrogen) atoms. The zero-order valence-corrected chi connectivity index (χ0v) is 16.2. The standard InChI is InChI=1S/C20H23ClO5/c1-5-13-10-14(6-2)19(11-16(13)21)25-12-15-17(23-3)8-7-9-18(15)26-20(22)24-4/h7-11H,5-6,12H2,1-4H3. The van der Waals surface area contributed by atoms with Crippen molar-refractivity contribution in [3.05, 3.63) is 52.0 Å². The average Bonchev–Trinajstić information content (AvgIpc) is 2.66. The number of halogens is 1. The SMILES string of the molecule is CCc1cc(CC)c(OCc2c(OC)cccc2OC(=O)OC)cc1Cl. The van der Waals surface area contributed by atoms with Gasteiger partial charge in [-0.1, -0.05) is 37.6 Å². The molecule has 0 amide bonds. The van der Waals surface area contributed by atoms with Crippen LogP contribution in [0.25, 0.3) is 0 Å². The van der Waals surface area contributed by atoms with Crippen molar-refractivity contribution in [2.45, 2.75) is 33.3 Å². The molecule has 2 aromatic rings. The Morgan fingerprint density at radius 2 is 1.69 bits per heavy atom. The van der Waals surface area contributed by atoms with Crippen molar-refractivity contribution in [1.29, 1.82) is 0 Å². The molecule has 0 radical (unpaired) electrons. The number of methoxy groups -OCH3 is 2. The van der Waals surface area contributed by atoms with E-state index in [0.29, 0.717) is 27.8 Å². The molecule has 0 aliphatic carbocycles. The van der Waals surface area contributed by atoms with Gasteiger partial charge in [0.1, 0.15) is 23.9 Å². The number of rotatable bonds is 7. The second-order valence-corrected chi connectivity index (χ2v) is 5.95. The Hall–Kier alpha value is -2.40. The second kappa shape index (κ2) is 9.34. The van der Waals surface area contributed by atoms with Crippen LogP contribution in [0.3, 0.4) is 0 Å². The second-order valence-electron chi connectivity index (χ2n) is 5.54. The van der Waals surface area contributed by atoms with Gasteiger partial charge in [-0.15, -0.1) is 0 Å². The summed E-state index contributed by atoms with van der Waals surface area (Å²) in [5.41, 5.74) is 2.76. The van der Waals surface area contributed by atoms with Crippen LogP contribution >= 0.6 is 11.6 Å². The highest BCUT2D eigenvalue weighted by molar-refractivity contribution is 6.31. The quantitative estimate of drug-likeness (QED) is 0.489. The number of carbonyl (C=O) groups excluding carboxylic acids is 1. The average molecular weight is 379 g/mol. The van der Waals surface area contributed by atoms with Crippen molar-refractivity contribution in [2.75, 3.05) is 14.2 Å². The zero-order chi connectivity index (χ0) is 19.1. The highest BCUT2D eigenvalue weighted by Gasteiger charge is 2.16. The summed E-state index contributed by atoms with van der Waals surface area (Å²) in [6.45, 7) is 4.28. The first kappa shape index (κ1) is 19.9. The summed E-state index contributed by atoms with van der Waals surface area (Å²) < 4.78 is 21.1. The fourth-order valence-corrected chi connectivity index (χ4v) is 2.88. The molecule has 0 aromatic heterocycles. The molecule has 140 valence electrons. The normalized spacial score (nSPS) is 10.3. The lowest BCUT2D eigenvalue weighted by atomic mass is 10.1. The number of carbonyl (C=O) groups is 1. The van der Waals surface area contributed by atoms with Gasteiger partial charge in [0, 0.05) is 5.02 Å². The third-order valence-corrected chi connectivity index (χ3v) is 4.39. The van der Waals surface area contributed by atoms with Gasteiger partial charge in [0.2, 0.25) is 0 Å².